The van der Waals surface area contributed by atoms with Crippen LogP contribution in [0, 0.1) is 0 Å². The number of aromatic nitrogens is 1. The minimum absolute atomic E-state index is 0.486. The molecule has 0 spiro atoms. The Hall–Kier alpha value is -1.48. The highest BCUT2D eigenvalue weighted by Crippen LogP contribution is 2.24. The number of nitrogens with one attached hydrogen (secondary N) is 2. The van der Waals surface area contributed by atoms with E-state index in [1.54, 1.807) is 0 Å². The highest BCUT2D eigenvalue weighted by Gasteiger charge is 2.06. The van der Waals surface area contributed by atoms with Crippen LogP contribution in [0.5, 0.6) is 0 Å². The van der Waals surface area contributed by atoms with Crippen LogP contribution >= 0.6 is 0 Å². The maximum Gasteiger partial charge on any atom is 0.0478 e. The summed E-state index contributed by atoms with van der Waals surface area (Å²) in [7, 11) is 0. The molecule has 0 saturated carbocycles. The molecule has 80 valence electrons. The van der Waals surface area contributed by atoms with Crippen LogP contribution in [0.15, 0.2) is 24.4 Å². The van der Waals surface area contributed by atoms with Crippen molar-refractivity contribution in [3.63, 3.8) is 0 Å². The molecule has 0 fully saturated rings. The third-order valence-corrected chi connectivity index (χ3v) is 2.52. The zero-order chi connectivity index (χ0) is 10.8. The maximum atomic E-state index is 5.96. The van der Waals surface area contributed by atoms with Crippen LogP contribution in [0.2, 0.25) is 0 Å². The van der Waals surface area contributed by atoms with E-state index >= 15 is 0 Å². The number of nitrogen functional groups attached to an aromatic ring is 1. The van der Waals surface area contributed by atoms with Crippen molar-refractivity contribution < 1.29 is 0 Å². The summed E-state index contributed by atoms with van der Waals surface area (Å²) in [6.07, 6.45) is 2.02. The minimum atomic E-state index is 0.486. The number of benzene rings is 1. The summed E-state index contributed by atoms with van der Waals surface area (Å²) in [5.41, 5.74) is 9.14. The van der Waals surface area contributed by atoms with Crippen molar-refractivity contribution in [3.8, 4) is 0 Å². The second kappa shape index (κ2) is 3.95. The molecule has 0 aliphatic heterocycles. The number of hydrogen-bond acceptors (Lipinski definition) is 2. The first-order valence-corrected chi connectivity index (χ1v) is 5.26. The SMILES string of the molecule is CC(C)NCc1c[nH]c2cccc(N)c12. The predicted octanol–water partition coefficient (Wildman–Crippen LogP) is 2.25. The first-order chi connectivity index (χ1) is 7.18. The Bertz CT molecular complexity index is 457. The van der Waals surface area contributed by atoms with Crippen molar-refractivity contribution in [1.82, 2.24) is 10.3 Å². The first-order valence-electron chi connectivity index (χ1n) is 5.26. The number of rotatable bonds is 3. The number of aromatic amines is 1. The molecule has 1 heterocycles. The molecular formula is C12H17N3. The summed E-state index contributed by atoms with van der Waals surface area (Å²) < 4.78 is 0. The summed E-state index contributed by atoms with van der Waals surface area (Å²) in [5, 5.41) is 4.54. The van der Waals surface area contributed by atoms with Gasteiger partial charge in [-0.25, -0.2) is 0 Å². The van der Waals surface area contributed by atoms with Gasteiger partial charge in [0, 0.05) is 35.4 Å². The Labute approximate surface area is 89.7 Å². The van der Waals surface area contributed by atoms with Crippen LogP contribution in [0.3, 0.4) is 0 Å². The van der Waals surface area contributed by atoms with Crippen molar-refractivity contribution in [2.75, 3.05) is 5.73 Å². The molecule has 3 heteroatoms. The number of nitrogens with two attached hydrogens (primary N) is 1. The molecule has 15 heavy (non-hydrogen) atoms. The molecule has 0 aliphatic rings. The van der Waals surface area contributed by atoms with Crippen molar-refractivity contribution >= 4 is 16.6 Å². The Morgan fingerprint density at radius 2 is 2.20 bits per heavy atom. The third kappa shape index (κ3) is 1.97. The number of anilines is 1. The van der Waals surface area contributed by atoms with E-state index in [4.69, 9.17) is 5.73 Å². The van der Waals surface area contributed by atoms with Gasteiger partial charge < -0.3 is 16.0 Å². The summed E-state index contributed by atoms with van der Waals surface area (Å²) >= 11 is 0. The van der Waals surface area contributed by atoms with E-state index in [1.807, 2.05) is 24.4 Å². The van der Waals surface area contributed by atoms with Crippen LogP contribution in [0.25, 0.3) is 10.9 Å². The average Bonchev–Trinajstić information content (AvgIpc) is 2.59. The van der Waals surface area contributed by atoms with Gasteiger partial charge in [-0.1, -0.05) is 19.9 Å². The van der Waals surface area contributed by atoms with Crippen LogP contribution in [-0.4, -0.2) is 11.0 Å². The summed E-state index contributed by atoms with van der Waals surface area (Å²) in [5.74, 6) is 0. The number of fused-ring (bicyclic) bond motifs is 1. The molecule has 0 atom stereocenters. The lowest BCUT2D eigenvalue weighted by atomic mass is 10.1. The highest BCUT2D eigenvalue weighted by atomic mass is 14.9. The Balaban J connectivity index is 2.35. The van der Waals surface area contributed by atoms with Gasteiger partial charge >= 0.3 is 0 Å². The predicted molar refractivity (Wildman–Crippen MR) is 64.7 cm³/mol. The van der Waals surface area contributed by atoms with Crippen LogP contribution < -0.4 is 11.1 Å². The molecule has 0 bridgehead atoms. The van der Waals surface area contributed by atoms with Crippen molar-refractivity contribution in [1.29, 1.82) is 0 Å². The van der Waals surface area contributed by atoms with E-state index in [-0.39, 0.29) is 0 Å². The molecule has 3 nitrogen and oxygen atoms in total. The lowest BCUT2D eigenvalue weighted by molar-refractivity contribution is 0.590. The number of H-pyrrole nitrogens is 1. The topological polar surface area (TPSA) is 53.8 Å². The molecule has 0 radical (unpaired) electrons. The Morgan fingerprint density at radius 3 is 2.93 bits per heavy atom. The maximum absolute atomic E-state index is 5.96. The lowest BCUT2D eigenvalue weighted by Gasteiger charge is -2.07. The monoisotopic (exact) mass is 203 g/mol. The molecular weight excluding hydrogens is 186 g/mol. The number of hydrogen-bond donors (Lipinski definition) is 3. The van der Waals surface area contributed by atoms with Gasteiger partial charge in [0.15, 0.2) is 0 Å². The largest absolute Gasteiger partial charge is 0.398 e. The van der Waals surface area contributed by atoms with Gasteiger partial charge in [0.1, 0.15) is 0 Å². The summed E-state index contributed by atoms with van der Waals surface area (Å²) in [4.78, 5) is 3.23. The smallest absolute Gasteiger partial charge is 0.0478 e. The standard InChI is InChI=1S/C12H17N3/c1-8(2)14-6-9-7-15-11-5-3-4-10(13)12(9)11/h3-5,7-8,14-15H,6,13H2,1-2H3. The second-order valence-electron chi connectivity index (χ2n) is 4.12. The molecule has 0 amide bonds. The molecule has 1 aromatic heterocycles. The van der Waals surface area contributed by atoms with Gasteiger partial charge in [-0.05, 0) is 17.7 Å². The van der Waals surface area contributed by atoms with Crippen molar-refractivity contribution in [3.05, 3.63) is 30.0 Å². The molecule has 0 aliphatic carbocycles. The minimum Gasteiger partial charge on any atom is -0.398 e. The highest BCUT2D eigenvalue weighted by molar-refractivity contribution is 5.93. The second-order valence-corrected chi connectivity index (χ2v) is 4.12. The molecule has 2 rings (SSSR count). The fraction of sp³-hybridized carbons (Fsp3) is 0.333. The van der Waals surface area contributed by atoms with Crippen LogP contribution in [0.4, 0.5) is 5.69 Å². The molecule has 0 unspecified atom stereocenters. The molecule has 4 N–H and O–H groups in total. The quantitative estimate of drug-likeness (QED) is 0.670. The molecule has 1 aromatic carbocycles. The fourth-order valence-electron chi connectivity index (χ4n) is 1.74. The van der Waals surface area contributed by atoms with Gasteiger partial charge in [-0.15, -0.1) is 0 Å². The van der Waals surface area contributed by atoms with Crippen molar-refractivity contribution in [2.24, 2.45) is 0 Å². The Kier molecular flexibility index (Phi) is 2.64. The third-order valence-electron chi connectivity index (χ3n) is 2.52. The molecule has 0 saturated heterocycles. The zero-order valence-electron chi connectivity index (χ0n) is 9.17. The summed E-state index contributed by atoms with van der Waals surface area (Å²) in [6.45, 7) is 5.13. The van der Waals surface area contributed by atoms with Crippen LogP contribution in [-0.2, 0) is 6.54 Å². The van der Waals surface area contributed by atoms with E-state index in [0.717, 1.165) is 23.1 Å². The van der Waals surface area contributed by atoms with Gasteiger partial charge in [0.2, 0.25) is 0 Å². The van der Waals surface area contributed by atoms with E-state index in [0.29, 0.717) is 6.04 Å². The van der Waals surface area contributed by atoms with Crippen molar-refractivity contribution in [2.45, 2.75) is 26.4 Å². The van der Waals surface area contributed by atoms with Gasteiger partial charge in [0.05, 0.1) is 0 Å². The summed E-state index contributed by atoms with van der Waals surface area (Å²) in [6, 6.07) is 6.44. The van der Waals surface area contributed by atoms with E-state index in [9.17, 15) is 0 Å². The Morgan fingerprint density at radius 1 is 1.40 bits per heavy atom. The fourth-order valence-corrected chi connectivity index (χ4v) is 1.74. The normalized spacial score (nSPS) is 11.4. The van der Waals surface area contributed by atoms with E-state index in [1.165, 1.54) is 5.56 Å². The van der Waals surface area contributed by atoms with Gasteiger partial charge in [-0.2, -0.15) is 0 Å². The lowest BCUT2D eigenvalue weighted by Crippen LogP contribution is -2.21. The first kappa shape index (κ1) is 10.1. The molecule has 2 aromatic rings. The van der Waals surface area contributed by atoms with E-state index < -0.39 is 0 Å². The van der Waals surface area contributed by atoms with Gasteiger partial charge in [0.25, 0.3) is 0 Å². The van der Waals surface area contributed by atoms with Crippen LogP contribution in [0.1, 0.15) is 19.4 Å². The van der Waals surface area contributed by atoms with Gasteiger partial charge in [-0.3, -0.25) is 0 Å². The zero-order valence-corrected chi connectivity index (χ0v) is 9.17. The average molecular weight is 203 g/mol. The van der Waals surface area contributed by atoms with E-state index in [2.05, 4.69) is 24.1 Å².